The third kappa shape index (κ3) is 5.21. The van der Waals surface area contributed by atoms with E-state index in [2.05, 4.69) is 5.32 Å². The van der Waals surface area contributed by atoms with E-state index in [0.717, 1.165) is 13.2 Å². The monoisotopic (exact) mass is 189 g/mol. The smallest absolute Gasteiger partial charge is 0.102 e. The molecule has 1 aliphatic rings. The molecule has 1 rings (SSSR count). The first-order valence-electron chi connectivity index (χ1n) is 5.32. The summed E-state index contributed by atoms with van der Waals surface area (Å²) in [5, 5.41) is 2.97. The van der Waals surface area contributed by atoms with E-state index < -0.39 is 0 Å². The molecule has 0 aromatic carbocycles. The van der Waals surface area contributed by atoms with Crippen molar-refractivity contribution in [2.75, 3.05) is 26.4 Å². The van der Waals surface area contributed by atoms with Gasteiger partial charge in [-0.1, -0.05) is 19.3 Å². The van der Waals surface area contributed by atoms with Gasteiger partial charge in [0.25, 0.3) is 0 Å². The molecule has 2 nitrogen and oxygen atoms in total. The third-order valence-electron chi connectivity index (χ3n) is 2.46. The van der Waals surface area contributed by atoms with Crippen LogP contribution in [0.25, 0.3) is 0 Å². The van der Waals surface area contributed by atoms with Crippen molar-refractivity contribution in [3.63, 3.8) is 0 Å². The van der Waals surface area contributed by atoms with Gasteiger partial charge in [-0.3, -0.25) is 0 Å². The molecule has 0 spiro atoms. The molecule has 0 aromatic rings. The fourth-order valence-corrected chi connectivity index (χ4v) is 1.72. The molecule has 0 unspecified atom stereocenters. The van der Waals surface area contributed by atoms with Crippen LogP contribution in [0.4, 0.5) is 4.39 Å². The summed E-state index contributed by atoms with van der Waals surface area (Å²) < 4.78 is 17.3. The molecule has 1 N–H and O–H groups in total. The quantitative estimate of drug-likeness (QED) is 0.644. The van der Waals surface area contributed by atoms with Gasteiger partial charge >= 0.3 is 0 Å². The van der Waals surface area contributed by atoms with Crippen LogP contribution in [0.2, 0.25) is 0 Å². The van der Waals surface area contributed by atoms with Crippen LogP contribution in [0, 0.1) is 0 Å². The standard InChI is InChI=1S/C10H20FNO/c11-6-7-12-8-9-13-10-4-2-1-3-5-10/h10,12H,1-9H2. The zero-order chi connectivity index (χ0) is 9.36. The van der Waals surface area contributed by atoms with Gasteiger partial charge in [-0.15, -0.1) is 0 Å². The summed E-state index contributed by atoms with van der Waals surface area (Å²) in [6.45, 7) is 1.67. The van der Waals surface area contributed by atoms with E-state index in [4.69, 9.17) is 4.74 Å². The number of nitrogens with one attached hydrogen (secondary N) is 1. The Morgan fingerprint density at radius 3 is 2.62 bits per heavy atom. The summed E-state index contributed by atoms with van der Waals surface area (Å²) in [7, 11) is 0. The van der Waals surface area contributed by atoms with Gasteiger partial charge in [-0.25, -0.2) is 4.39 Å². The number of hydrogen-bond donors (Lipinski definition) is 1. The normalized spacial score (nSPS) is 19.2. The van der Waals surface area contributed by atoms with Crippen LogP contribution in [0.1, 0.15) is 32.1 Å². The van der Waals surface area contributed by atoms with Crippen LogP contribution in [-0.2, 0) is 4.74 Å². The minimum atomic E-state index is -0.288. The minimum absolute atomic E-state index is 0.288. The first-order chi connectivity index (χ1) is 6.43. The molecular formula is C10H20FNO. The molecule has 0 bridgehead atoms. The van der Waals surface area contributed by atoms with Crippen LogP contribution < -0.4 is 5.32 Å². The summed E-state index contributed by atoms with van der Waals surface area (Å²) >= 11 is 0. The van der Waals surface area contributed by atoms with Crippen molar-refractivity contribution >= 4 is 0 Å². The lowest BCUT2D eigenvalue weighted by atomic mass is 9.98. The van der Waals surface area contributed by atoms with E-state index in [0.29, 0.717) is 12.6 Å². The third-order valence-corrected chi connectivity index (χ3v) is 2.46. The maximum absolute atomic E-state index is 11.7. The fraction of sp³-hybridized carbons (Fsp3) is 1.00. The van der Waals surface area contributed by atoms with Crippen molar-refractivity contribution in [3.8, 4) is 0 Å². The molecule has 78 valence electrons. The van der Waals surface area contributed by atoms with Crippen molar-refractivity contribution in [2.45, 2.75) is 38.2 Å². The van der Waals surface area contributed by atoms with Crippen LogP contribution in [-0.4, -0.2) is 32.5 Å². The second kappa shape index (κ2) is 7.27. The molecule has 1 fully saturated rings. The Morgan fingerprint density at radius 1 is 1.15 bits per heavy atom. The van der Waals surface area contributed by atoms with E-state index in [-0.39, 0.29) is 6.67 Å². The predicted octanol–water partition coefficient (Wildman–Crippen LogP) is 1.89. The second-order valence-electron chi connectivity index (χ2n) is 3.57. The average Bonchev–Trinajstić information content (AvgIpc) is 2.19. The van der Waals surface area contributed by atoms with Crippen molar-refractivity contribution in [1.29, 1.82) is 0 Å². The highest BCUT2D eigenvalue weighted by atomic mass is 19.1. The lowest BCUT2D eigenvalue weighted by Gasteiger charge is -2.21. The largest absolute Gasteiger partial charge is 0.377 e. The van der Waals surface area contributed by atoms with Crippen molar-refractivity contribution < 1.29 is 9.13 Å². The molecule has 0 heterocycles. The Bertz CT molecular complexity index is 115. The summed E-state index contributed by atoms with van der Waals surface area (Å²) in [6.07, 6.45) is 6.87. The first kappa shape index (κ1) is 10.9. The van der Waals surface area contributed by atoms with Crippen molar-refractivity contribution in [1.82, 2.24) is 5.32 Å². The molecule has 1 saturated carbocycles. The van der Waals surface area contributed by atoms with Crippen molar-refractivity contribution in [2.24, 2.45) is 0 Å². The van der Waals surface area contributed by atoms with Crippen LogP contribution >= 0.6 is 0 Å². The minimum Gasteiger partial charge on any atom is -0.377 e. The maximum atomic E-state index is 11.7. The molecular weight excluding hydrogens is 169 g/mol. The first-order valence-corrected chi connectivity index (χ1v) is 5.32. The molecule has 0 atom stereocenters. The Morgan fingerprint density at radius 2 is 1.92 bits per heavy atom. The molecule has 0 aromatic heterocycles. The van der Waals surface area contributed by atoms with Gasteiger partial charge in [0.05, 0.1) is 12.7 Å². The highest BCUT2D eigenvalue weighted by Gasteiger charge is 2.12. The van der Waals surface area contributed by atoms with Gasteiger partial charge in [0.1, 0.15) is 6.67 Å². The van der Waals surface area contributed by atoms with E-state index in [9.17, 15) is 4.39 Å². The average molecular weight is 189 g/mol. The molecule has 0 amide bonds. The van der Waals surface area contributed by atoms with Gasteiger partial charge in [0, 0.05) is 13.1 Å². The van der Waals surface area contributed by atoms with Gasteiger partial charge < -0.3 is 10.1 Å². The SMILES string of the molecule is FCCNCCOC1CCCCC1. The van der Waals surface area contributed by atoms with E-state index >= 15 is 0 Å². The summed E-state index contributed by atoms with van der Waals surface area (Å²) in [5.41, 5.74) is 0. The Labute approximate surface area is 79.8 Å². The van der Waals surface area contributed by atoms with Gasteiger partial charge in [0.2, 0.25) is 0 Å². The molecule has 3 heteroatoms. The van der Waals surface area contributed by atoms with E-state index in [1.165, 1.54) is 32.1 Å². The number of ether oxygens (including phenoxy) is 1. The van der Waals surface area contributed by atoms with Crippen LogP contribution in [0.3, 0.4) is 0 Å². The van der Waals surface area contributed by atoms with Gasteiger partial charge in [-0.05, 0) is 12.8 Å². The van der Waals surface area contributed by atoms with E-state index in [1.807, 2.05) is 0 Å². The lowest BCUT2D eigenvalue weighted by molar-refractivity contribution is 0.0303. The van der Waals surface area contributed by atoms with Crippen LogP contribution in [0.5, 0.6) is 0 Å². The molecule has 0 saturated heterocycles. The number of alkyl halides is 1. The maximum Gasteiger partial charge on any atom is 0.102 e. The van der Waals surface area contributed by atoms with Gasteiger partial charge in [0.15, 0.2) is 0 Å². The zero-order valence-corrected chi connectivity index (χ0v) is 8.23. The van der Waals surface area contributed by atoms with Crippen molar-refractivity contribution in [3.05, 3.63) is 0 Å². The Balaban J connectivity index is 1.86. The molecule has 0 radical (unpaired) electrons. The Hall–Kier alpha value is -0.150. The topological polar surface area (TPSA) is 21.3 Å². The number of halogens is 1. The number of rotatable bonds is 6. The van der Waals surface area contributed by atoms with Crippen LogP contribution in [0.15, 0.2) is 0 Å². The van der Waals surface area contributed by atoms with Gasteiger partial charge in [-0.2, -0.15) is 0 Å². The Kier molecular flexibility index (Phi) is 6.11. The summed E-state index contributed by atoms with van der Waals surface area (Å²) in [6, 6.07) is 0. The lowest BCUT2D eigenvalue weighted by Crippen LogP contribution is -2.25. The fourth-order valence-electron chi connectivity index (χ4n) is 1.72. The highest BCUT2D eigenvalue weighted by Crippen LogP contribution is 2.19. The summed E-state index contributed by atoms with van der Waals surface area (Å²) in [5.74, 6) is 0. The molecule has 0 aliphatic heterocycles. The molecule has 1 aliphatic carbocycles. The number of hydrogen-bond acceptors (Lipinski definition) is 2. The predicted molar refractivity (Wildman–Crippen MR) is 51.7 cm³/mol. The summed E-state index contributed by atoms with van der Waals surface area (Å²) in [4.78, 5) is 0. The second-order valence-corrected chi connectivity index (χ2v) is 3.57. The highest BCUT2D eigenvalue weighted by molar-refractivity contribution is 4.65. The molecule has 13 heavy (non-hydrogen) atoms. The zero-order valence-electron chi connectivity index (χ0n) is 8.23. The van der Waals surface area contributed by atoms with E-state index in [1.54, 1.807) is 0 Å².